The van der Waals surface area contributed by atoms with Crippen LogP contribution in [0.25, 0.3) is 11.4 Å². The summed E-state index contributed by atoms with van der Waals surface area (Å²) in [7, 11) is 1.47. The maximum atomic E-state index is 10.7. The third kappa shape index (κ3) is 2.02. The van der Waals surface area contributed by atoms with Gasteiger partial charge in [0.2, 0.25) is 0 Å². The fourth-order valence-corrected chi connectivity index (χ4v) is 1.67. The Balaban J connectivity index is 2.54. The molecule has 0 spiro atoms. The summed E-state index contributed by atoms with van der Waals surface area (Å²) >= 11 is 0. The quantitative estimate of drug-likeness (QED) is 0.609. The van der Waals surface area contributed by atoms with Gasteiger partial charge in [0.25, 0.3) is 5.69 Å². The molecular formula is C11H12N4O3. The molecule has 2 rings (SSSR count). The van der Waals surface area contributed by atoms with Crippen LogP contribution in [0.5, 0.6) is 5.75 Å². The molecule has 18 heavy (non-hydrogen) atoms. The Kier molecular flexibility index (Phi) is 3.22. The van der Waals surface area contributed by atoms with Gasteiger partial charge < -0.3 is 9.30 Å². The predicted octanol–water partition coefficient (Wildman–Crippen LogP) is 1.88. The lowest BCUT2D eigenvalue weighted by Gasteiger charge is -2.08. The molecule has 0 saturated heterocycles. The number of hydrogen-bond donors (Lipinski definition) is 0. The fraction of sp³-hybridized carbons (Fsp3) is 0.273. The lowest BCUT2D eigenvalue weighted by atomic mass is 10.1. The molecule has 1 heterocycles. The summed E-state index contributed by atoms with van der Waals surface area (Å²) in [5, 5.41) is 18.5. The fourth-order valence-electron chi connectivity index (χ4n) is 1.67. The predicted molar refractivity (Wildman–Crippen MR) is 64.3 cm³/mol. The normalized spacial score (nSPS) is 10.3. The van der Waals surface area contributed by atoms with Crippen molar-refractivity contribution in [3.8, 4) is 17.1 Å². The van der Waals surface area contributed by atoms with E-state index in [4.69, 9.17) is 4.74 Å². The summed E-state index contributed by atoms with van der Waals surface area (Å²) in [6.45, 7) is 2.67. The number of aryl methyl sites for hydroxylation is 1. The van der Waals surface area contributed by atoms with Crippen LogP contribution in [0.15, 0.2) is 24.5 Å². The van der Waals surface area contributed by atoms with E-state index in [-0.39, 0.29) is 5.69 Å². The van der Waals surface area contributed by atoms with Crippen LogP contribution < -0.4 is 4.74 Å². The van der Waals surface area contributed by atoms with Crippen LogP contribution in [0.1, 0.15) is 6.92 Å². The van der Waals surface area contributed by atoms with E-state index in [0.29, 0.717) is 23.7 Å². The molecule has 0 fully saturated rings. The molecule has 7 nitrogen and oxygen atoms in total. The van der Waals surface area contributed by atoms with Crippen LogP contribution in [0.2, 0.25) is 0 Å². The number of hydrogen-bond acceptors (Lipinski definition) is 5. The number of aromatic nitrogens is 3. The lowest BCUT2D eigenvalue weighted by molar-refractivity contribution is -0.384. The number of methoxy groups -OCH3 is 1. The first-order chi connectivity index (χ1) is 8.67. The minimum atomic E-state index is -0.461. The van der Waals surface area contributed by atoms with Crippen molar-refractivity contribution in [2.45, 2.75) is 13.5 Å². The highest BCUT2D eigenvalue weighted by Crippen LogP contribution is 2.31. The molecule has 0 N–H and O–H groups in total. The molecule has 0 aliphatic heterocycles. The van der Waals surface area contributed by atoms with E-state index in [9.17, 15) is 10.1 Å². The zero-order valence-corrected chi connectivity index (χ0v) is 10.0. The monoisotopic (exact) mass is 248 g/mol. The van der Waals surface area contributed by atoms with Crippen LogP contribution in [0, 0.1) is 10.1 Å². The van der Waals surface area contributed by atoms with Gasteiger partial charge in [-0.05, 0) is 13.0 Å². The Morgan fingerprint density at radius 1 is 1.50 bits per heavy atom. The van der Waals surface area contributed by atoms with Gasteiger partial charge in [-0.2, -0.15) is 0 Å². The topological polar surface area (TPSA) is 83.1 Å². The SMILES string of the molecule is CCn1cnnc1-c1ccc([N+](=O)[O-])cc1OC. The molecule has 94 valence electrons. The molecule has 0 bridgehead atoms. The van der Waals surface area contributed by atoms with Gasteiger partial charge in [-0.1, -0.05) is 0 Å². The minimum absolute atomic E-state index is 0.0156. The van der Waals surface area contributed by atoms with Crippen LogP contribution >= 0.6 is 0 Å². The second-order valence-electron chi connectivity index (χ2n) is 3.58. The van der Waals surface area contributed by atoms with Gasteiger partial charge in [0.1, 0.15) is 12.1 Å². The summed E-state index contributed by atoms with van der Waals surface area (Å²) in [5.41, 5.74) is 0.667. The Morgan fingerprint density at radius 3 is 2.89 bits per heavy atom. The maximum Gasteiger partial charge on any atom is 0.273 e. The molecule has 0 aliphatic carbocycles. The Morgan fingerprint density at radius 2 is 2.28 bits per heavy atom. The zero-order chi connectivity index (χ0) is 13.1. The van der Waals surface area contributed by atoms with Crippen molar-refractivity contribution in [2.75, 3.05) is 7.11 Å². The summed E-state index contributed by atoms with van der Waals surface area (Å²) < 4.78 is 7.01. The average Bonchev–Trinajstić information content (AvgIpc) is 2.85. The summed E-state index contributed by atoms with van der Waals surface area (Å²) in [4.78, 5) is 10.2. The highest BCUT2D eigenvalue weighted by molar-refractivity contribution is 5.66. The number of non-ortho nitro benzene ring substituents is 1. The van der Waals surface area contributed by atoms with Crippen molar-refractivity contribution in [1.82, 2.24) is 14.8 Å². The van der Waals surface area contributed by atoms with E-state index >= 15 is 0 Å². The van der Waals surface area contributed by atoms with Crippen molar-refractivity contribution in [2.24, 2.45) is 0 Å². The van der Waals surface area contributed by atoms with Gasteiger partial charge >= 0.3 is 0 Å². The largest absolute Gasteiger partial charge is 0.496 e. The van der Waals surface area contributed by atoms with Crippen molar-refractivity contribution in [3.63, 3.8) is 0 Å². The van der Waals surface area contributed by atoms with Gasteiger partial charge in [-0.3, -0.25) is 10.1 Å². The van der Waals surface area contributed by atoms with E-state index in [1.54, 1.807) is 12.4 Å². The molecule has 0 aliphatic rings. The van der Waals surface area contributed by atoms with Crippen molar-refractivity contribution < 1.29 is 9.66 Å². The van der Waals surface area contributed by atoms with Crippen molar-refractivity contribution in [3.05, 3.63) is 34.6 Å². The van der Waals surface area contributed by atoms with Crippen LogP contribution in [0.3, 0.4) is 0 Å². The van der Waals surface area contributed by atoms with E-state index < -0.39 is 4.92 Å². The van der Waals surface area contributed by atoms with Gasteiger partial charge in [-0.15, -0.1) is 10.2 Å². The molecule has 0 saturated carbocycles. The Bertz CT molecular complexity index is 579. The minimum Gasteiger partial charge on any atom is -0.496 e. The standard InChI is InChI=1S/C11H12N4O3/c1-3-14-7-12-13-11(14)9-5-4-8(15(16)17)6-10(9)18-2/h4-7H,3H2,1-2H3. The molecule has 1 aromatic heterocycles. The summed E-state index contributed by atoms with van der Waals surface area (Å²) in [6, 6.07) is 4.42. The first-order valence-corrected chi connectivity index (χ1v) is 5.38. The lowest BCUT2D eigenvalue weighted by Crippen LogP contribution is -1.99. The van der Waals surface area contributed by atoms with Gasteiger partial charge in [0.05, 0.1) is 23.7 Å². The van der Waals surface area contributed by atoms with Gasteiger partial charge in [-0.25, -0.2) is 0 Å². The molecular weight excluding hydrogens is 236 g/mol. The van der Waals surface area contributed by atoms with Crippen LogP contribution in [-0.2, 0) is 6.54 Å². The van der Waals surface area contributed by atoms with E-state index in [2.05, 4.69) is 10.2 Å². The third-order valence-electron chi connectivity index (χ3n) is 2.59. The smallest absolute Gasteiger partial charge is 0.273 e. The first-order valence-electron chi connectivity index (χ1n) is 5.38. The molecule has 0 radical (unpaired) electrons. The summed E-state index contributed by atoms with van der Waals surface area (Å²) in [6.07, 6.45) is 1.61. The average molecular weight is 248 g/mol. The molecule has 1 aromatic carbocycles. The van der Waals surface area contributed by atoms with Crippen LogP contribution in [0.4, 0.5) is 5.69 Å². The van der Waals surface area contributed by atoms with E-state index in [0.717, 1.165) is 0 Å². The molecule has 0 amide bonds. The Hall–Kier alpha value is -2.44. The molecule has 7 heteroatoms. The maximum absolute atomic E-state index is 10.7. The third-order valence-corrected chi connectivity index (χ3v) is 2.59. The van der Waals surface area contributed by atoms with Crippen LogP contribution in [-0.4, -0.2) is 26.8 Å². The zero-order valence-electron chi connectivity index (χ0n) is 10.0. The first kappa shape index (κ1) is 12.0. The van der Waals surface area contributed by atoms with Crippen molar-refractivity contribution in [1.29, 1.82) is 0 Å². The van der Waals surface area contributed by atoms with E-state index in [1.807, 2.05) is 11.5 Å². The number of benzene rings is 1. The number of nitrogens with zero attached hydrogens (tertiary/aromatic N) is 4. The number of nitro benzene ring substituents is 1. The Labute approximate surface area is 103 Å². The van der Waals surface area contributed by atoms with Gasteiger partial charge in [0.15, 0.2) is 5.82 Å². The van der Waals surface area contributed by atoms with Crippen molar-refractivity contribution >= 4 is 5.69 Å². The number of rotatable bonds is 4. The molecule has 0 unspecified atom stereocenters. The number of ether oxygens (including phenoxy) is 1. The highest BCUT2D eigenvalue weighted by atomic mass is 16.6. The van der Waals surface area contributed by atoms with Gasteiger partial charge in [0, 0.05) is 12.6 Å². The second kappa shape index (κ2) is 4.82. The number of nitro groups is 1. The van der Waals surface area contributed by atoms with E-state index in [1.165, 1.54) is 19.2 Å². The highest BCUT2D eigenvalue weighted by Gasteiger charge is 2.16. The molecule has 0 atom stereocenters. The second-order valence-corrected chi connectivity index (χ2v) is 3.58. The molecule has 2 aromatic rings. The summed E-state index contributed by atoms with van der Waals surface area (Å²) in [5.74, 6) is 1.04.